The molecule has 1 rings (SSSR count). The van der Waals surface area contributed by atoms with Crippen LogP contribution in [-0.4, -0.2) is 40.5 Å². The van der Waals surface area contributed by atoms with Crippen molar-refractivity contribution in [3.63, 3.8) is 0 Å². The van der Waals surface area contributed by atoms with Gasteiger partial charge in [-0.25, -0.2) is 4.79 Å². The minimum absolute atomic E-state index is 0.0285. The highest BCUT2D eigenvalue weighted by Crippen LogP contribution is 2.27. The largest absolute Gasteiger partial charge is 0.444 e. The molecule has 0 saturated carbocycles. The van der Waals surface area contributed by atoms with Crippen LogP contribution >= 0.6 is 11.8 Å². The van der Waals surface area contributed by atoms with Crippen LogP contribution in [0.5, 0.6) is 0 Å². The molecule has 1 saturated heterocycles. The second-order valence-electron chi connectivity index (χ2n) is 4.87. The molecule has 4 nitrogen and oxygen atoms in total. The molecule has 1 amide bonds. The highest BCUT2D eigenvalue weighted by Gasteiger charge is 2.36. The number of nitrogens with one attached hydrogen (secondary N) is 1. The van der Waals surface area contributed by atoms with E-state index in [1.807, 2.05) is 20.8 Å². The number of thioether (sulfide) groups is 1. The molecule has 0 radical (unpaired) electrons. The molecular formula is C10H19NO3S. The first kappa shape index (κ1) is 12.6. The van der Waals surface area contributed by atoms with Crippen molar-refractivity contribution >= 4 is 17.9 Å². The number of carbonyl (C=O) groups is 1. The van der Waals surface area contributed by atoms with Crippen LogP contribution < -0.4 is 5.32 Å². The third-order valence-corrected chi connectivity index (χ3v) is 3.42. The lowest BCUT2D eigenvalue weighted by Crippen LogP contribution is -2.52. The number of carbonyl (C=O) groups excluding carboxylic acids is 1. The van der Waals surface area contributed by atoms with Gasteiger partial charge in [0.05, 0.1) is 12.1 Å². The van der Waals surface area contributed by atoms with Gasteiger partial charge in [0.2, 0.25) is 0 Å². The number of hydrogen-bond acceptors (Lipinski definition) is 4. The zero-order chi connectivity index (χ0) is 11.5. The fourth-order valence-electron chi connectivity index (χ4n) is 1.39. The molecule has 0 aliphatic carbocycles. The molecule has 1 heterocycles. The lowest BCUT2D eigenvalue weighted by atomic mass is 10.0. The molecule has 0 aromatic heterocycles. The normalized spacial score (nSPS) is 26.4. The first-order chi connectivity index (χ1) is 6.87. The Morgan fingerprint density at radius 3 is 2.67 bits per heavy atom. The molecule has 5 heteroatoms. The van der Waals surface area contributed by atoms with Gasteiger partial charge >= 0.3 is 6.09 Å². The van der Waals surface area contributed by atoms with E-state index in [4.69, 9.17) is 4.74 Å². The monoisotopic (exact) mass is 233 g/mol. The molecule has 0 spiro atoms. The van der Waals surface area contributed by atoms with Gasteiger partial charge in [0.15, 0.2) is 0 Å². The molecule has 15 heavy (non-hydrogen) atoms. The molecule has 88 valence electrons. The molecule has 0 bridgehead atoms. The van der Waals surface area contributed by atoms with Gasteiger partial charge in [-0.15, -0.1) is 0 Å². The maximum absolute atomic E-state index is 11.5. The molecule has 1 aliphatic heterocycles. The van der Waals surface area contributed by atoms with Gasteiger partial charge in [0.25, 0.3) is 0 Å². The van der Waals surface area contributed by atoms with Crippen molar-refractivity contribution < 1.29 is 14.6 Å². The third kappa shape index (κ3) is 3.91. The summed E-state index contributed by atoms with van der Waals surface area (Å²) in [5.74, 6) is 1.72. The predicted molar refractivity (Wildman–Crippen MR) is 61.1 cm³/mol. The van der Waals surface area contributed by atoms with Crippen LogP contribution in [0.2, 0.25) is 0 Å². The van der Waals surface area contributed by atoms with Crippen LogP contribution in [0.1, 0.15) is 27.2 Å². The van der Waals surface area contributed by atoms with Crippen molar-refractivity contribution in [3.8, 4) is 0 Å². The lowest BCUT2D eigenvalue weighted by Gasteiger charge is -2.29. The number of rotatable bonds is 2. The quantitative estimate of drug-likeness (QED) is 0.756. The summed E-state index contributed by atoms with van der Waals surface area (Å²) in [4.78, 5) is 11.5. The Labute approximate surface area is 94.8 Å². The van der Waals surface area contributed by atoms with E-state index in [9.17, 15) is 9.90 Å². The Kier molecular flexibility index (Phi) is 3.89. The van der Waals surface area contributed by atoms with Crippen LogP contribution in [0, 0.1) is 0 Å². The summed E-state index contributed by atoms with van der Waals surface area (Å²) < 4.78 is 5.16. The van der Waals surface area contributed by atoms with Crippen molar-refractivity contribution in [1.29, 1.82) is 0 Å². The number of alkyl carbamates (subject to hydrolysis) is 1. The van der Waals surface area contributed by atoms with E-state index >= 15 is 0 Å². The van der Waals surface area contributed by atoms with Crippen LogP contribution in [0.15, 0.2) is 0 Å². The Morgan fingerprint density at radius 2 is 2.27 bits per heavy atom. The first-order valence-electron chi connectivity index (χ1n) is 5.07. The number of aliphatic hydroxyl groups excluding tert-OH is 1. The van der Waals surface area contributed by atoms with Gasteiger partial charge in [0.1, 0.15) is 5.60 Å². The SMILES string of the molecule is CC(C)(C)OC(=O)N[C@]1(CO)CCSC1. The van der Waals surface area contributed by atoms with Crippen molar-refractivity contribution in [1.82, 2.24) is 5.32 Å². The summed E-state index contributed by atoms with van der Waals surface area (Å²) in [7, 11) is 0. The van der Waals surface area contributed by atoms with E-state index in [-0.39, 0.29) is 6.61 Å². The number of ether oxygens (including phenoxy) is 1. The maximum atomic E-state index is 11.5. The van der Waals surface area contributed by atoms with Crippen LogP contribution in [0.3, 0.4) is 0 Å². The number of amides is 1. The fraction of sp³-hybridized carbons (Fsp3) is 0.900. The second kappa shape index (κ2) is 4.61. The average molecular weight is 233 g/mol. The van der Waals surface area contributed by atoms with Gasteiger partial charge in [-0.3, -0.25) is 0 Å². The van der Waals surface area contributed by atoms with Gasteiger partial charge in [-0.05, 0) is 32.9 Å². The van der Waals surface area contributed by atoms with Crippen molar-refractivity contribution in [2.75, 3.05) is 18.1 Å². The summed E-state index contributed by atoms with van der Waals surface area (Å²) in [6.45, 7) is 5.43. The first-order valence-corrected chi connectivity index (χ1v) is 6.22. The van der Waals surface area contributed by atoms with Crippen LogP contribution in [0.25, 0.3) is 0 Å². The Hall–Kier alpha value is -0.420. The van der Waals surface area contributed by atoms with E-state index in [1.54, 1.807) is 11.8 Å². The molecule has 0 aromatic rings. The number of aliphatic hydroxyl groups is 1. The summed E-state index contributed by atoms with van der Waals surface area (Å²) in [6, 6.07) is 0. The second-order valence-corrected chi connectivity index (χ2v) is 5.97. The molecule has 0 aromatic carbocycles. The number of hydrogen-bond donors (Lipinski definition) is 2. The minimum Gasteiger partial charge on any atom is -0.444 e. The smallest absolute Gasteiger partial charge is 0.408 e. The predicted octanol–water partition coefficient (Wildman–Crippen LogP) is 1.38. The molecule has 0 unspecified atom stereocenters. The van der Waals surface area contributed by atoms with Gasteiger partial charge in [-0.1, -0.05) is 0 Å². The van der Waals surface area contributed by atoms with E-state index in [0.717, 1.165) is 17.9 Å². The molecule has 1 aliphatic rings. The van der Waals surface area contributed by atoms with Crippen molar-refractivity contribution in [2.45, 2.75) is 38.3 Å². The van der Waals surface area contributed by atoms with Gasteiger partial charge in [0, 0.05) is 5.75 Å². The fourth-order valence-corrected chi connectivity index (χ4v) is 2.77. The summed E-state index contributed by atoms with van der Waals surface area (Å²) in [5, 5.41) is 12.0. The van der Waals surface area contributed by atoms with Gasteiger partial charge in [-0.2, -0.15) is 11.8 Å². The van der Waals surface area contributed by atoms with E-state index < -0.39 is 17.2 Å². The van der Waals surface area contributed by atoms with Gasteiger partial charge < -0.3 is 15.2 Å². The van der Waals surface area contributed by atoms with Crippen LogP contribution in [-0.2, 0) is 4.74 Å². The molecule has 1 fully saturated rings. The van der Waals surface area contributed by atoms with Crippen molar-refractivity contribution in [2.24, 2.45) is 0 Å². The van der Waals surface area contributed by atoms with E-state index in [0.29, 0.717) is 0 Å². The molecule has 2 N–H and O–H groups in total. The van der Waals surface area contributed by atoms with E-state index in [1.165, 1.54) is 0 Å². The lowest BCUT2D eigenvalue weighted by molar-refractivity contribution is 0.0422. The zero-order valence-electron chi connectivity index (χ0n) is 9.50. The summed E-state index contributed by atoms with van der Waals surface area (Å²) in [6.07, 6.45) is 0.354. The topological polar surface area (TPSA) is 58.6 Å². The molecule has 1 atom stereocenters. The van der Waals surface area contributed by atoms with Crippen LogP contribution in [0.4, 0.5) is 4.79 Å². The Balaban J connectivity index is 2.49. The van der Waals surface area contributed by atoms with Crippen molar-refractivity contribution in [3.05, 3.63) is 0 Å². The highest BCUT2D eigenvalue weighted by atomic mass is 32.2. The third-order valence-electron chi connectivity index (χ3n) is 2.17. The summed E-state index contributed by atoms with van der Waals surface area (Å²) in [5.41, 5.74) is -0.973. The minimum atomic E-state index is -0.494. The maximum Gasteiger partial charge on any atom is 0.408 e. The Bertz CT molecular complexity index is 231. The summed E-state index contributed by atoms with van der Waals surface area (Å²) >= 11 is 1.74. The zero-order valence-corrected chi connectivity index (χ0v) is 10.3. The Morgan fingerprint density at radius 1 is 1.60 bits per heavy atom. The average Bonchev–Trinajstić information content (AvgIpc) is 2.50. The standard InChI is InChI=1S/C10H19NO3S/c1-9(2,3)14-8(13)11-10(6-12)4-5-15-7-10/h12H,4-7H2,1-3H3,(H,11,13)/t10-/m0/s1. The highest BCUT2D eigenvalue weighted by molar-refractivity contribution is 7.99. The van der Waals surface area contributed by atoms with E-state index in [2.05, 4.69) is 5.32 Å². The molecular weight excluding hydrogens is 214 g/mol.